The number of aryl methyl sites for hydroxylation is 1. The number of hydrogen-bond donors (Lipinski definition) is 1. The van der Waals surface area contributed by atoms with E-state index in [1.54, 1.807) is 6.20 Å². The van der Waals surface area contributed by atoms with E-state index in [1.165, 1.54) is 11.3 Å². The fourth-order valence-electron chi connectivity index (χ4n) is 2.93. The first-order valence-corrected chi connectivity index (χ1v) is 8.26. The van der Waals surface area contributed by atoms with Gasteiger partial charge in [0, 0.05) is 12.2 Å². The van der Waals surface area contributed by atoms with Gasteiger partial charge in [-0.05, 0) is 36.6 Å². The molecule has 0 unspecified atom stereocenters. The molecule has 4 rings (SSSR count). The van der Waals surface area contributed by atoms with Crippen LogP contribution in [0, 0.1) is 0 Å². The van der Waals surface area contributed by atoms with Crippen molar-refractivity contribution < 1.29 is 0 Å². The number of rotatable bonds is 3. The molecule has 0 saturated heterocycles. The smallest absolute Gasteiger partial charge is 0.249 e. The molecule has 0 aliphatic carbocycles. The van der Waals surface area contributed by atoms with Crippen LogP contribution in [0.15, 0.2) is 54.7 Å². The van der Waals surface area contributed by atoms with Gasteiger partial charge in [0.2, 0.25) is 5.95 Å². The van der Waals surface area contributed by atoms with Crippen LogP contribution in [0.1, 0.15) is 12.0 Å². The van der Waals surface area contributed by atoms with Crippen molar-refractivity contribution in [3.05, 3.63) is 65.3 Å². The SMILES string of the molecule is Clc1ccccc1Nc1nncc(N2CCCc3ccccc32)n1. The Labute approximate surface area is 145 Å². The van der Waals surface area contributed by atoms with E-state index in [0.717, 1.165) is 30.9 Å². The van der Waals surface area contributed by atoms with E-state index < -0.39 is 0 Å². The molecule has 120 valence electrons. The first-order valence-electron chi connectivity index (χ1n) is 7.88. The van der Waals surface area contributed by atoms with Crippen molar-refractivity contribution in [2.45, 2.75) is 12.8 Å². The van der Waals surface area contributed by atoms with Gasteiger partial charge in [-0.1, -0.05) is 41.9 Å². The average molecular weight is 338 g/mol. The summed E-state index contributed by atoms with van der Waals surface area (Å²) in [5.74, 6) is 1.22. The highest BCUT2D eigenvalue weighted by Crippen LogP contribution is 2.32. The van der Waals surface area contributed by atoms with E-state index >= 15 is 0 Å². The third-order valence-electron chi connectivity index (χ3n) is 4.05. The molecule has 0 saturated carbocycles. The van der Waals surface area contributed by atoms with Gasteiger partial charge in [0.05, 0.1) is 16.9 Å². The number of para-hydroxylation sites is 2. The van der Waals surface area contributed by atoms with E-state index in [9.17, 15) is 0 Å². The Hall–Kier alpha value is -2.66. The maximum absolute atomic E-state index is 6.18. The van der Waals surface area contributed by atoms with E-state index in [1.807, 2.05) is 24.3 Å². The van der Waals surface area contributed by atoms with Crippen LogP contribution in [-0.2, 0) is 6.42 Å². The van der Waals surface area contributed by atoms with Crippen molar-refractivity contribution in [1.29, 1.82) is 0 Å². The number of benzene rings is 2. The molecule has 1 aliphatic rings. The van der Waals surface area contributed by atoms with Crippen molar-refractivity contribution in [2.24, 2.45) is 0 Å². The zero-order chi connectivity index (χ0) is 16.4. The molecule has 2 heterocycles. The molecule has 0 bridgehead atoms. The van der Waals surface area contributed by atoms with Gasteiger partial charge >= 0.3 is 0 Å². The standard InChI is InChI=1S/C18H16ClN5/c19-14-8-2-3-9-15(14)21-18-22-17(12-20-23-18)24-11-5-7-13-6-1-4-10-16(13)24/h1-4,6,8-10,12H,5,7,11H2,(H,21,22,23). The molecule has 3 aromatic rings. The van der Waals surface area contributed by atoms with E-state index in [-0.39, 0.29) is 0 Å². The van der Waals surface area contributed by atoms with Crippen molar-refractivity contribution in [3.8, 4) is 0 Å². The molecule has 24 heavy (non-hydrogen) atoms. The van der Waals surface area contributed by atoms with Crippen molar-refractivity contribution >= 4 is 34.7 Å². The average Bonchev–Trinajstić information content (AvgIpc) is 2.63. The summed E-state index contributed by atoms with van der Waals surface area (Å²) < 4.78 is 0. The molecular formula is C18H16ClN5. The number of hydrogen-bond acceptors (Lipinski definition) is 5. The van der Waals surface area contributed by atoms with Crippen LogP contribution in [0.2, 0.25) is 5.02 Å². The van der Waals surface area contributed by atoms with Crippen LogP contribution in [0.5, 0.6) is 0 Å². The second-order valence-corrected chi connectivity index (χ2v) is 6.03. The monoisotopic (exact) mass is 337 g/mol. The van der Waals surface area contributed by atoms with Gasteiger partial charge < -0.3 is 10.2 Å². The molecule has 0 radical (unpaired) electrons. The van der Waals surface area contributed by atoms with Crippen LogP contribution in [0.25, 0.3) is 0 Å². The van der Waals surface area contributed by atoms with E-state index in [0.29, 0.717) is 11.0 Å². The van der Waals surface area contributed by atoms with Crippen LogP contribution >= 0.6 is 11.6 Å². The highest BCUT2D eigenvalue weighted by molar-refractivity contribution is 6.33. The van der Waals surface area contributed by atoms with Crippen molar-refractivity contribution in [2.75, 3.05) is 16.8 Å². The van der Waals surface area contributed by atoms with Gasteiger partial charge in [-0.25, -0.2) is 0 Å². The summed E-state index contributed by atoms with van der Waals surface area (Å²) in [5, 5.41) is 11.9. The summed E-state index contributed by atoms with van der Waals surface area (Å²) in [6, 6.07) is 15.9. The Bertz CT molecular complexity index is 867. The summed E-state index contributed by atoms with van der Waals surface area (Å²) >= 11 is 6.18. The number of aromatic nitrogens is 3. The first kappa shape index (κ1) is 14.9. The lowest BCUT2D eigenvalue weighted by atomic mass is 10.0. The number of nitrogens with one attached hydrogen (secondary N) is 1. The second-order valence-electron chi connectivity index (χ2n) is 5.63. The maximum Gasteiger partial charge on any atom is 0.249 e. The number of nitrogens with zero attached hydrogens (tertiary/aromatic N) is 4. The second kappa shape index (κ2) is 6.45. The molecule has 1 aromatic heterocycles. The van der Waals surface area contributed by atoms with E-state index in [4.69, 9.17) is 11.6 Å². The Morgan fingerprint density at radius 3 is 2.79 bits per heavy atom. The predicted octanol–water partition coefficient (Wildman–Crippen LogP) is 4.35. The van der Waals surface area contributed by atoms with E-state index in [2.05, 4.69) is 49.7 Å². The molecule has 2 aromatic carbocycles. The summed E-state index contributed by atoms with van der Waals surface area (Å²) in [7, 11) is 0. The van der Waals surface area contributed by atoms with Crippen LogP contribution in [0.3, 0.4) is 0 Å². The highest BCUT2D eigenvalue weighted by atomic mass is 35.5. The van der Waals surface area contributed by atoms with Crippen LogP contribution in [-0.4, -0.2) is 21.7 Å². The van der Waals surface area contributed by atoms with Crippen LogP contribution < -0.4 is 10.2 Å². The number of anilines is 4. The third-order valence-corrected chi connectivity index (χ3v) is 4.38. The molecule has 1 aliphatic heterocycles. The zero-order valence-electron chi connectivity index (χ0n) is 13.0. The van der Waals surface area contributed by atoms with Crippen LogP contribution in [0.4, 0.5) is 23.1 Å². The number of fused-ring (bicyclic) bond motifs is 1. The van der Waals surface area contributed by atoms with Gasteiger partial charge in [0.1, 0.15) is 0 Å². The Morgan fingerprint density at radius 2 is 1.88 bits per heavy atom. The Balaban J connectivity index is 1.65. The summed E-state index contributed by atoms with van der Waals surface area (Å²) in [5.41, 5.74) is 3.29. The number of halogens is 1. The lowest BCUT2D eigenvalue weighted by Gasteiger charge is -2.30. The normalized spacial score (nSPS) is 13.5. The van der Waals surface area contributed by atoms with Gasteiger partial charge in [-0.3, -0.25) is 0 Å². The molecule has 0 fully saturated rings. The Morgan fingerprint density at radius 1 is 1.04 bits per heavy atom. The minimum atomic E-state index is 0.434. The van der Waals surface area contributed by atoms with Crippen molar-refractivity contribution in [1.82, 2.24) is 15.2 Å². The summed E-state index contributed by atoms with van der Waals surface area (Å²) in [6.45, 7) is 0.918. The zero-order valence-corrected chi connectivity index (χ0v) is 13.7. The van der Waals surface area contributed by atoms with Crippen molar-refractivity contribution in [3.63, 3.8) is 0 Å². The highest BCUT2D eigenvalue weighted by Gasteiger charge is 2.19. The molecule has 0 amide bonds. The lowest BCUT2D eigenvalue weighted by molar-refractivity contribution is 0.754. The minimum Gasteiger partial charge on any atom is -0.325 e. The third kappa shape index (κ3) is 2.90. The summed E-state index contributed by atoms with van der Waals surface area (Å²) in [6.07, 6.45) is 3.88. The molecule has 1 N–H and O–H groups in total. The first-order chi connectivity index (χ1) is 11.8. The quantitative estimate of drug-likeness (QED) is 0.770. The maximum atomic E-state index is 6.18. The molecule has 0 spiro atoms. The van der Waals surface area contributed by atoms with Gasteiger partial charge in [-0.15, -0.1) is 5.10 Å². The Kier molecular flexibility index (Phi) is 4.01. The fourth-order valence-corrected chi connectivity index (χ4v) is 3.12. The van der Waals surface area contributed by atoms with Gasteiger partial charge in [0.25, 0.3) is 0 Å². The minimum absolute atomic E-state index is 0.434. The predicted molar refractivity (Wildman–Crippen MR) is 96.3 cm³/mol. The molecule has 6 heteroatoms. The molecule has 0 atom stereocenters. The molecule has 5 nitrogen and oxygen atoms in total. The van der Waals surface area contributed by atoms with Gasteiger partial charge in [0.15, 0.2) is 5.82 Å². The topological polar surface area (TPSA) is 53.9 Å². The lowest BCUT2D eigenvalue weighted by Crippen LogP contribution is -2.25. The molecular weight excluding hydrogens is 322 g/mol. The summed E-state index contributed by atoms with van der Waals surface area (Å²) in [4.78, 5) is 6.80. The van der Waals surface area contributed by atoms with Gasteiger partial charge in [-0.2, -0.15) is 10.1 Å². The fraction of sp³-hybridized carbons (Fsp3) is 0.167. The largest absolute Gasteiger partial charge is 0.325 e.